The van der Waals surface area contributed by atoms with E-state index in [1.54, 1.807) is 0 Å². The summed E-state index contributed by atoms with van der Waals surface area (Å²) in [6.45, 7) is 4.01. The Labute approximate surface area is 98.8 Å². The minimum atomic E-state index is -1.05. The van der Waals surface area contributed by atoms with Gasteiger partial charge in [0.1, 0.15) is 6.61 Å². The number of carboxylic acids is 1. The summed E-state index contributed by atoms with van der Waals surface area (Å²) in [5, 5.41) is 18.0. The van der Waals surface area contributed by atoms with Crippen molar-refractivity contribution in [3.63, 3.8) is 0 Å². The number of carboxylic acid groups (broad SMARTS) is 1. The minimum absolute atomic E-state index is 0.0293. The van der Waals surface area contributed by atoms with E-state index in [2.05, 4.69) is 6.58 Å². The van der Waals surface area contributed by atoms with Crippen LogP contribution >= 0.6 is 0 Å². The van der Waals surface area contributed by atoms with E-state index in [0.717, 1.165) is 0 Å². The summed E-state index contributed by atoms with van der Waals surface area (Å²) >= 11 is 0. The maximum Gasteiger partial charge on any atom is 0.306 e. The number of hydrogen-bond donors (Lipinski definition) is 2. The largest absolute Gasteiger partial charge is 0.498 e. The molecule has 17 heavy (non-hydrogen) atoms. The minimum Gasteiger partial charge on any atom is -0.498 e. The Hall–Kier alpha value is -1.56. The highest BCUT2D eigenvalue weighted by molar-refractivity contribution is 5.76. The van der Waals surface area contributed by atoms with Gasteiger partial charge in [-0.25, -0.2) is 0 Å². The Bertz CT molecular complexity index is 311. The molecule has 2 atom stereocenters. The number of aliphatic hydroxyl groups excluding tert-OH is 1. The number of carbonyl (C=O) groups excluding carboxylic acids is 1. The van der Waals surface area contributed by atoms with Gasteiger partial charge in [-0.05, 0) is 0 Å². The third-order valence-corrected chi connectivity index (χ3v) is 2.55. The first-order valence-corrected chi connectivity index (χ1v) is 5.37. The molecule has 0 bridgehead atoms. The van der Waals surface area contributed by atoms with Crippen LogP contribution in [0, 0.1) is 5.92 Å². The summed E-state index contributed by atoms with van der Waals surface area (Å²) in [4.78, 5) is 21.4. The van der Waals surface area contributed by atoms with Gasteiger partial charge >= 0.3 is 11.9 Å². The molecule has 1 aliphatic heterocycles. The molecule has 1 rings (SSSR count). The Kier molecular flexibility index (Phi) is 4.96. The molecular weight excluding hydrogens is 228 g/mol. The second kappa shape index (κ2) is 6.24. The molecule has 6 heteroatoms. The standard InChI is InChI=1S/C11H16O6/c1-7-8(9(12)4-5-16-7)6-17-11(15)3-2-10(13)14/h8-9,12H,1-6H2,(H,13,14)/t8-,9?/m0/s1. The SMILES string of the molecule is C=C1OCCC(O)[C@H]1COC(=O)CCC(=O)O. The molecule has 1 fully saturated rings. The van der Waals surface area contributed by atoms with Gasteiger partial charge in [-0.1, -0.05) is 6.58 Å². The third-order valence-electron chi connectivity index (χ3n) is 2.55. The highest BCUT2D eigenvalue weighted by Gasteiger charge is 2.29. The van der Waals surface area contributed by atoms with Crippen molar-refractivity contribution in [1.29, 1.82) is 0 Å². The number of esters is 1. The zero-order chi connectivity index (χ0) is 12.8. The molecule has 0 saturated carbocycles. The van der Waals surface area contributed by atoms with Gasteiger partial charge in [0.2, 0.25) is 0 Å². The Morgan fingerprint density at radius 1 is 1.47 bits per heavy atom. The van der Waals surface area contributed by atoms with Crippen LogP contribution in [0.4, 0.5) is 0 Å². The average molecular weight is 244 g/mol. The topological polar surface area (TPSA) is 93.1 Å². The summed E-state index contributed by atoms with van der Waals surface area (Å²) in [5.74, 6) is -1.68. The summed E-state index contributed by atoms with van der Waals surface area (Å²) in [6, 6.07) is 0. The lowest BCUT2D eigenvalue weighted by atomic mass is 9.97. The van der Waals surface area contributed by atoms with Crippen molar-refractivity contribution in [2.75, 3.05) is 13.2 Å². The zero-order valence-electron chi connectivity index (χ0n) is 9.42. The zero-order valence-corrected chi connectivity index (χ0v) is 9.42. The fraction of sp³-hybridized carbons (Fsp3) is 0.636. The van der Waals surface area contributed by atoms with Gasteiger partial charge in [-0.3, -0.25) is 9.59 Å². The lowest BCUT2D eigenvalue weighted by Crippen LogP contribution is -2.33. The molecule has 1 heterocycles. The van der Waals surface area contributed by atoms with Gasteiger partial charge in [0, 0.05) is 6.42 Å². The van der Waals surface area contributed by atoms with Crippen LogP contribution in [-0.2, 0) is 19.1 Å². The predicted molar refractivity (Wildman–Crippen MR) is 57.0 cm³/mol. The first kappa shape index (κ1) is 13.5. The Morgan fingerprint density at radius 2 is 2.18 bits per heavy atom. The summed E-state index contributed by atoms with van der Waals surface area (Å²) < 4.78 is 10.0. The van der Waals surface area contributed by atoms with Gasteiger partial charge in [0.05, 0.1) is 37.2 Å². The first-order chi connectivity index (χ1) is 8.00. The van der Waals surface area contributed by atoms with Crippen LogP contribution < -0.4 is 0 Å². The van der Waals surface area contributed by atoms with Crippen molar-refractivity contribution in [2.45, 2.75) is 25.4 Å². The molecule has 0 aromatic carbocycles. The molecule has 0 aliphatic carbocycles. The average Bonchev–Trinajstić information content (AvgIpc) is 2.25. The summed E-state index contributed by atoms with van der Waals surface area (Å²) in [7, 11) is 0. The number of hydrogen-bond acceptors (Lipinski definition) is 5. The molecule has 2 N–H and O–H groups in total. The predicted octanol–water partition coefficient (Wildman–Crippen LogP) is 0.305. The van der Waals surface area contributed by atoms with Crippen LogP contribution in [0.15, 0.2) is 12.3 Å². The van der Waals surface area contributed by atoms with Crippen LogP contribution in [-0.4, -0.2) is 41.5 Å². The smallest absolute Gasteiger partial charge is 0.306 e. The highest BCUT2D eigenvalue weighted by atomic mass is 16.5. The van der Waals surface area contributed by atoms with Crippen LogP contribution in [0.3, 0.4) is 0 Å². The van der Waals surface area contributed by atoms with Crippen molar-refractivity contribution in [3.8, 4) is 0 Å². The lowest BCUT2D eigenvalue weighted by molar-refractivity contribution is -0.150. The van der Waals surface area contributed by atoms with E-state index >= 15 is 0 Å². The molecule has 96 valence electrons. The second-order valence-corrected chi connectivity index (χ2v) is 3.85. The van der Waals surface area contributed by atoms with Gasteiger partial charge in [-0.2, -0.15) is 0 Å². The lowest BCUT2D eigenvalue weighted by Gasteiger charge is -2.29. The van der Waals surface area contributed by atoms with Crippen LogP contribution in [0.1, 0.15) is 19.3 Å². The van der Waals surface area contributed by atoms with Crippen LogP contribution in [0.2, 0.25) is 0 Å². The van der Waals surface area contributed by atoms with Gasteiger partial charge in [0.25, 0.3) is 0 Å². The molecule has 0 spiro atoms. The van der Waals surface area contributed by atoms with Crippen molar-refractivity contribution >= 4 is 11.9 Å². The maximum atomic E-state index is 11.2. The van der Waals surface area contributed by atoms with E-state index in [9.17, 15) is 14.7 Å². The van der Waals surface area contributed by atoms with Crippen LogP contribution in [0.25, 0.3) is 0 Å². The Morgan fingerprint density at radius 3 is 2.76 bits per heavy atom. The van der Waals surface area contributed by atoms with Crippen molar-refractivity contribution in [3.05, 3.63) is 12.3 Å². The fourth-order valence-corrected chi connectivity index (χ4v) is 1.50. The van der Waals surface area contributed by atoms with Gasteiger partial charge < -0.3 is 19.7 Å². The molecule has 0 radical (unpaired) electrons. The van der Waals surface area contributed by atoms with E-state index in [0.29, 0.717) is 18.8 Å². The quantitative estimate of drug-likeness (QED) is 0.676. The van der Waals surface area contributed by atoms with Crippen molar-refractivity contribution in [2.24, 2.45) is 5.92 Å². The summed E-state index contributed by atoms with van der Waals surface area (Å²) in [5.41, 5.74) is 0. The second-order valence-electron chi connectivity index (χ2n) is 3.85. The van der Waals surface area contributed by atoms with Gasteiger partial charge in [0.15, 0.2) is 0 Å². The number of aliphatic hydroxyl groups is 1. The molecular formula is C11H16O6. The molecule has 0 amide bonds. The summed E-state index contributed by atoms with van der Waals surface area (Å²) in [6.07, 6.45) is -0.603. The maximum absolute atomic E-state index is 11.2. The normalized spacial score (nSPS) is 23.9. The van der Waals surface area contributed by atoms with Crippen molar-refractivity contribution in [1.82, 2.24) is 0 Å². The van der Waals surface area contributed by atoms with Gasteiger partial charge in [-0.15, -0.1) is 0 Å². The molecule has 1 saturated heterocycles. The third kappa shape index (κ3) is 4.44. The monoisotopic (exact) mass is 244 g/mol. The molecule has 0 aromatic rings. The Balaban J connectivity index is 2.31. The number of rotatable bonds is 5. The van der Waals surface area contributed by atoms with E-state index in [1.165, 1.54) is 0 Å². The first-order valence-electron chi connectivity index (χ1n) is 5.37. The van der Waals surface area contributed by atoms with Crippen LogP contribution in [0.5, 0.6) is 0 Å². The highest BCUT2D eigenvalue weighted by Crippen LogP contribution is 2.23. The van der Waals surface area contributed by atoms with E-state index in [4.69, 9.17) is 14.6 Å². The molecule has 0 aromatic heterocycles. The number of carbonyl (C=O) groups is 2. The van der Waals surface area contributed by atoms with E-state index in [-0.39, 0.29) is 19.4 Å². The number of ether oxygens (including phenoxy) is 2. The van der Waals surface area contributed by atoms with Crippen molar-refractivity contribution < 1.29 is 29.3 Å². The fourth-order valence-electron chi connectivity index (χ4n) is 1.50. The number of aliphatic carboxylic acids is 1. The van der Waals surface area contributed by atoms with E-state index < -0.39 is 24.0 Å². The molecule has 1 unspecified atom stereocenters. The van der Waals surface area contributed by atoms with E-state index in [1.807, 2.05) is 0 Å². The molecule has 1 aliphatic rings. The molecule has 6 nitrogen and oxygen atoms in total.